The minimum atomic E-state index is -0.394. The van der Waals surface area contributed by atoms with Gasteiger partial charge >= 0.3 is 5.97 Å². The van der Waals surface area contributed by atoms with Crippen LogP contribution in [-0.2, 0) is 4.74 Å². The van der Waals surface area contributed by atoms with Crippen LogP contribution in [0.5, 0.6) is 11.5 Å². The standard InChI is InChI=1S/C20H16O4/c1-22-15-10-11-16(23-2)17-13(15)8-9-14-18(17)20(21)24-19(14)12-6-4-3-5-7-12/h3-11,19H,1-2H3/t19-/m0/s1. The van der Waals surface area contributed by atoms with Crippen LogP contribution in [0.1, 0.15) is 27.6 Å². The van der Waals surface area contributed by atoms with Crippen molar-refractivity contribution in [3.8, 4) is 11.5 Å². The van der Waals surface area contributed by atoms with Crippen LogP contribution in [0.25, 0.3) is 10.8 Å². The molecule has 3 aromatic carbocycles. The van der Waals surface area contributed by atoms with Crippen molar-refractivity contribution >= 4 is 16.7 Å². The van der Waals surface area contributed by atoms with E-state index in [2.05, 4.69) is 0 Å². The Morgan fingerprint density at radius 2 is 1.58 bits per heavy atom. The number of ether oxygens (including phenoxy) is 3. The van der Waals surface area contributed by atoms with Gasteiger partial charge in [0.1, 0.15) is 11.5 Å². The molecule has 0 spiro atoms. The number of carbonyl (C=O) groups is 1. The van der Waals surface area contributed by atoms with Gasteiger partial charge in [-0.05, 0) is 17.7 Å². The normalized spacial score (nSPS) is 15.9. The first-order valence-corrected chi connectivity index (χ1v) is 7.68. The molecule has 1 atom stereocenters. The van der Waals surface area contributed by atoms with Crippen LogP contribution in [-0.4, -0.2) is 20.2 Å². The second-order valence-corrected chi connectivity index (χ2v) is 5.62. The van der Waals surface area contributed by atoms with Gasteiger partial charge in [-0.15, -0.1) is 0 Å². The highest BCUT2D eigenvalue weighted by Gasteiger charge is 2.35. The van der Waals surface area contributed by atoms with E-state index >= 15 is 0 Å². The van der Waals surface area contributed by atoms with E-state index in [4.69, 9.17) is 14.2 Å². The second-order valence-electron chi connectivity index (χ2n) is 5.62. The fourth-order valence-electron chi connectivity index (χ4n) is 3.30. The fraction of sp³-hybridized carbons (Fsp3) is 0.150. The molecule has 1 aliphatic rings. The molecule has 4 nitrogen and oxygen atoms in total. The summed E-state index contributed by atoms with van der Waals surface area (Å²) in [4.78, 5) is 12.6. The Morgan fingerprint density at radius 3 is 2.29 bits per heavy atom. The summed E-state index contributed by atoms with van der Waals surface area (Å²) in [7, 11) is 3.20. The quantitative estimate of drug-likeness (QED) is 0.681. The van der Waals surface area contributed by atoms with E-state index in [1.807, 2.05) is 54.6 Å². The Hall–Kier alpha value is -3.01. The lowest BCUT2D eigenvalue weighted by molar-refractivity contribution is 0.0457. The van der Waals surface area contributed by atoms with Gasteiger partial charge in [0.2, 0.25) is 0 Å². The summed E-state index contributed by atoms with van der Waals surface area (Å²) >= 11 is 0. The predicted molar refractivity (Wildman–Crippen MR) is 90.8 cm³/mol. The van der Waals surface area contributed by atoms with Gasteiger partial charge in [0.05, 0.1) is 19.8 Å². The molecule has 0 unspecified atom stereocenters. The summed E-state index contributed by atoms with van der Waals surface area (Å²) < 4.78 is 16.6. The third-order valence-electron chi connectivity index (χ3n) is 4.39. The number of cyclic esters (lactones) is 1. The van der Waals surface area contributed by atoms with Gasteiger partial charge in [0.25, 0.3) is 0 Å². The number of methoxy groups -OCH3 is 2. The molecule has 0 radical (unpaired) electrons. The average molecular weight is 320 g/mol. The third kappa shape index (κ3) is 2.03. The molecule has 0 fully saturated rings. The van der Waals surface area contributed by atoms with Crippen LogP contribution < -0.4 is 9.47 Å². The molecular formula is C20H16O4. The maximum Gasteiger partial charge on any atom is 0.340 e. The summed E-state index contributed by atoms with van der Waals surface area (Å²) in [6.07, 6.45) is -0.394. The molecule has 0 saturated heterocycles. The first-order valence-electron chi connectivity index (χ1n) is 7.68. The van der Waals surface area contributed by atoms with E-state index in [0.717, 1.165) is 21.9 Å². The molecule has 4 heteroatoms. The molecule has 0 saturated carbocycles. The zero-order valence-electron chi connectivity index (χ0n) is 13.4. The highest BCUT2D eigenvalue weighted by Crippen LogP contribution is 2.44. The van der Waals surface area contributed by atoms with Crippen molar-refractivity contribution in [1.82, 2.24) is 0 Å². The Balaban J connectivity index is 2.01. The largest absolute Gasteiger partial charge is 0.496 e. The van der Waals surface area contributed by atoms with Gasteiger partial charge in [0.15, 0.2) is 6.10 Å². The smallest absolute Gasteiger partial charge is 0.340 e. The molecule has 0 aliphatic carbocycles. The minimum absolute atomic E-state index is 0.337. The lowest BCUT2D eigenvalue weighted by Crippen LogP contribution is -2.00. The monoisotopic (exact) mass is 320 g/mol. The van der Waals surface area contributed by atoms with Crippen LogP contribution in [0.3, 0.4) is 0 Å². The first-order chi connectivity index (χ1) is 11.7. The Bertz CT molecular complexity index is 931. The molecule has 0 bridgehead atoms. The summed E-state index contributed by atoms with van der Waals surface area (Å²) in [6, 6.07) is 17.3. The first kappa shape index (κ1) is 14.6. The number of hydrogen-bond donors (Lipinski definition) is 0. The van der Waals surface area contributed by atoms with Crippen LogP contribution in [0.2, 0.25) is 0 Å². The molecule has 1 aliphatic heterocycles. The van der Waals surface area contributed by atoms with Crippen LogP contribution >= 0.6 is 0 Å². The molecule has 24 heavy (non-hydrogen) atoms. The maximum atomic E-state index is 12.6. The summed E-state index contributed by atoms with van der Waals surface area (Å²) in [5.74, 6) is 0.994. The van der Waals surface area contributed by atoms with Gasteiger partial charge < -0.3 is 14.2 Å². The number of benzene rings is 3. The lowest BCUT2D eigenvalue weighted by Gasteiger charge is -2.13. The topological polar surface area (TPSA) is 44.8 Å². The van der Waals surface area contributed by atoms with Crippen LogP contribution in [0.15, 0.2) is 54.6 Å². The second kappa shape index (κ2) is 5.57. The number of rotatable bonds is 3. The van der Waals surface area contributed by atoms with Crippen molar-refractivity contribution < 1.29 is 19.0 Å². The number of esters is 1. The molecule has 0 N–H and O–H groups in total. The van der Waals surface area contributed by atoms with Crippen molar-refractivity contribution in [2.75, 3.05) is 14.2 Å². The highest BCUT2D eigenvalue weighted by molar-refractivity contribution is 6.11. The Kier molecular flexibility index (Phi) is 3.38. The predicted octanol–water partition coefficient (Wildman–Crippen LogP) is 4.12. The van der Waals surface area contributed by atoms with E-state index < -0.39 is 6.10 Å². The highest BCUT2D eigenvalue weighted by atomic mass is 16.5. The molecule has 120 valence electrons. The molecule has 0 aromatic heterocycles. The van der Waals surface area contributed by atoms with E-state index in [9.17, 15) is 4.79 Å². The van der Waals surface area contributed by atoms with Gasteiger partial charge in [-0.1, -0.05) is 42.5 Å². The number of carbonyl (C=O) groups excluding carboxylic acids is 1. The third-order valence-corrected chi connectivity index (χ3v) is 4.39. The summed E-state index contributed by atoms with van der Waals surface area (Å²) in [5, 5.41) is 1.57. The maximum absolute atomic E-state index is 12.6. The van der Waals surface area contributed by atoms with Crippen molar-refractivity contribution in [3.05, 3.63) is 71.3 Å². The molecule has 0 amide bonds. The molecular weight excluding hydrogens is 304 g/mol. The molecule has 1 heterocycles. The van der Waals surface area contributed by atoms with Crippen LogP contribution in [0, 0.1) is 0 Å². The van der Waals surface area contributed by atoms with Gasteiger partial charge in [0, 0.05) is 16.3 Å². The zero-order chi connectivity index (χ0) is 16.7. The van der Waals surface area contributed by atoms with Gasteiger partial charge in [-0.25, -0.2) is 4.79 Å². The average Bonchev–Trinajstić information content (AvgIpc) is 2.98. The molecule has 3 aromatic rings. The van der Waals surface area contributed by atoms with Crippen LogP contribution in [0.4, 0.5) is 0 Å². The Labute approximate surface area is 139 Å². The minimum Gasteiger partial charge on any atom is -0.496 e. The van der Waals surface area contributed by atoms with Crippen molar-refractivity contribution in [2.45, 2.75) is 6.10 Å². The summed E-state index contributed by atoms with van der Waals surface area (Å²) in [5.41, 5.74) is 2.35. The zero-order valence-corrected chi connectivity index (χ0v) is 13.4. The fourth-order valence-corrected chi connectivity index (χ4v) is 3.30. The molecule has 4 rings (SSSR count). The lowest BCUT2D eigenvalue weighted by atomic mass is 9.94. The van der Waals surface area contributed by atoms with E-state index in [1.54, 1.807) is 14.2 Å². The Morgan fingerprint density at radius 1 is 0.875 bits per heavy atom. The number of fused-ring (bicyclic) bond motifs is 3. The van der Waals surface area contributed by atoms with E-state index in [-0.39, 0.29) is 5.97 Å². The number of hydrogen-bond acceptors (Lipinski definition) is 4. The SMILES string of the molecule is COc1ccc(OC)c2c3c(ccc12)[C@H](c1ccccc1)OC3=O. The van der Waals surface area contributed by atoms with Gasteiger partial charge in [-0.3, -0.25) is 0 Å². The van der Waals surface area contributed by atoms with Crippen molar-refractivity contribution in [2.24, 2.45) is 0 Å². The van der Waals surface area contributed by atoms with Gasteiger partial charge in [-0.2, -0.15) is 0 Å². The van der Waals surface area contributed by atoms with Crippen molar-refractivity contribution in [1.29, 1.82) is 0 Å². The van der Waals surface area contributed by atoms with E-state index in [1.165, 1.54) is 0 Å². The summed E-state index contributed by atoms with van der Waals surface area (Å²) in [6.45, 7) is 0. The van der Waals surface area contributed by atoms with Crippen molar-refractivity contribution in [3.63, 3.8) is 0 Å². The van der Waals surface area contributed by atoms with E-state index in [0.29, 0.717) is 17.1 Å².